The summed E-state index contributed by atoms with van der Waals surface area (Å²) in [5, 5.41) is 4.85. The van der Waals surface area contributed by atoms with E-state index >= 15 is 0 Å². The maximum Gasteiger partial charge on any atom is 0.0722 e. The van der Waals surface area contributed by atoms with Gasteiger partial charge in [-0.15, -0.1) is 0 Å². The SMILES string of the molecule is CCCNCCc1cn(CC(C)OC)c2ccccc12. The molecule has 1 unspecified atom stereocenters. The van der Waals surface area contributed by atoms with Gasteiger partial charge in [0.2, 0.25) is 0 Å². The van der Waals surface area contributed by atoms with Crippen LogP contribution in [0.1, 0.15) is 25.8 Å². The number of rotatable bonds is 8. The standard InChI is InChI=1S/C17H26N2O/c1-4-10-18-11-9-15-13-19(12-14(2)20-3)17-8-6-5-7-16(15)17/h5-8,13-14,18H,4,9-12H2,1-3H3. The Labute approximate surface area is 121 Å². The van der Waals surface area contributed by atoms with Crippen LogP contribution in [0.15, 0.2) is 30.5 Å². The van der Waals surface area contributed by atoms with Crippen LogP contribution >= 0.6 is 0 Å². The molecule has 1 aromatic heterocycles. The van der Waals surface area contributed by atoms with E-state index < -0.39 is 0 Å². The molecule has 1 atom stereocenters. The van der Waals surface area contributed by atoms with E-state index in [2.05, 4.69) is 54.2 Å². The fraction of sp³-hybridized carbons (Fsp3) is 0.529. The van der Waals surface area contributed by atoms with E-state index in [0.717, 1.165) is 26.1 Å². The maximum atomic E-state index is 5.39. The van der Waals surface area contributed by atoms with Crippen molar-refractivity contribution >= 4 is 10.9 Å². The summed E-state index contributed by atoms with van der Waals surface area (Å²) >= 11 is 0. The molecule has 3 heteroatoms. The van der Waals surface area contributed by atoms with Crippen LogP contribution in [0.3, 0.4) is 0 Å². The Balaban J connectivity index is 2.17. The Bertz CT molecular complexity index is 533. The zero-order valence-corrected chi connectivity index (χ0v) is 12.9. The Kier molecular flexibility index (Phi) is 5.62. The van der Waals surface area contributed by atoms with Gasteiger partial charge in [0.1, 0.15) is 0 Å². The summed E-state index contributed by atoms with van der Waals surface area (Å²) in [7, 11) is 1.77. The van der Waals surface area contributed by atoms with Crippen molar-refractivity contribution in [1.82, 2.24) is 9.88 Å². The lowest BCUT2D eigenvalue weighted by atomic mass is 10.1. The van der Waals surface area contributed by atoms with E-state index in [-0.39, 0.29) is 6.10 Å². The first-order chi connectivity index (χ1) is 9.76. The third kappa shape index (κ3) is 3.62. The third-order valence-corrected chi connectivity index (χ3v) is 3.73. The molecule has 1 aromatic carbocycles. The van der Waals surface area contributed by atoms with Crippen molar-refractivity contribution in [2.75, 3.05) is 20.2 Å². The largest absolute Gasteiger partial charge is 0.380 e. The molecule has 20 heavy (non-hydrogen) atoms. The average molecular weight is 274 g/mol. The van der Waals surface area contributed by atoms with E-state index in [4.69, 9.17) is 4.74 Å². The van der Waals surface area contributed by atoms with Crippen molar-refractivity contribution in [2.24, 2.45) is 0 Å². The van der Waals surface area contributed by atoms with Crippen LogP contribution in [-0.2, 0) is 17.7 Å². The van der Waals surface area contributed by atoms with E-state index in [1.807, 2.05) is 0 Å². The fourth-order valence-electron chi connectivity index (χ4n) is 2.55. The molecular formula is C17H26N2O. The van der Waals surface area contributed by atoms with Gasteiger partial charge in [-0.1, -0.05) is 25.1 Å². The van der Waals surface area contributed by atoms with Crippen molar-refractivity contribution in [1.29, 1.82) is 0 Å². The maximum absolute atomic E-state index is 5.39. The summed E-state index contributed by atoms with van der Waals surface area (Å²) in [6, 6.07) is 8.64. The molecule has 1 heterocycles. The van der Waals surface area contributed by atoms with E-state index in [9.17, 15) is 0 Å². The van der Waals surface area contributed by atoms with Crippen LogP contribution in [-0.4, -0.2) is 30.9 Å². The van der Waals surface area contributed by atoms with Gasteiger partial charge in [-0.05, 0) is 44.5 Å². The number of aromatic nitrogens is 1. The molecule has 0 bridgehead atoms. The van der Waals surface area contributed by atoms with E-state index in [1.54, 1.807) is 7.11 Å². The number of para-hydroxylation sites is 1. The number of benzene rings is 1. The molecular weight excluding hydrogens is 248 g/mol. The molecule has 0 saturated heterocycles. The van der Waals surface area contributed by atoms with Gasteiger partial charge in [0.05, 0.1) is 6.10 Å². The molecule has 0 saturated carbocycles. The highest BCUT2D eigenvalue weighted by atomic mass is 16.5. The Hall–Kier alpha value is -1.32. The number of nitrogens with one attached hydrogen (secondary N) is 1. The van der Waals surface area contributed by atoms with Gasteiger partial charge in [0.15, 0.2) is 0 Å². The van der Waals surface area contributed by atoms with Crippen LogP contribution in [0.5, 0.6) is 0 Å². The summed E-state index contributed by atoms with van der Waals surface area (Å²) in [5.41, 5.74) is 2.73. The van der Waals surface area contributed by atoms with Gasteiger partial charge in [0.25, 0.3) is 0 Å². The van der Waals surface area contributed by atoms with Gasteiger partial charge in [0, 0.05) is 30.8 Å². The van der Waals surface area contributed by atoms with E-state index in [0.29, 0.717) is 0 Å². The molecule has 0 aliphatic rings. The predicted octanol–water partition coefficient (Wildman–Crippen LogP) is 3.22. The molecule has 3 nitrogen and oxygen atoms in total. The van der Waals surface area contributed by atoms with E-state index in [1.165, 1.54) is 22.9 Å². The van der Waals surface area contributed by atoms with Crippen LogP contribution in [0.25, 0.3) is 10.9 Å². The minimum atomic E-state index is 0.233. The summed E-state index contributed by atoms with van der Waals surface area (Å²) in [6.45, 7) is 7.35. The molecule has 110 valence electrons. The number of hydrogen-bond donors (Lipinski definition) is 1. The highest BCUT2D eigenvalue weighted by molar-refractivity contribution is 5.84. The molecule has 0 radical (unpaired) electrons. The quantitative estimate of drug-likeness (QED) is 0.748. The zero-order chi connectivity index (χ0) is 14.4. The normalized spacial score (nSPS) is 12.9. The second kappa shape index (κ2) is 7.46. The number of methoxy groups -OCH3 is 1. The number of fused-ring (bicyclic) bond motifs is 1. The lowest BCUT2D eigenvalue weighted by Gasteiger charge is -2.11. The first-order valence-corrected chi connectivity index (χ1v) is 7.56. The fourth-order valence-corrected chi connectivity index (χ4v) is 2.55. The number of ether oxygens (including phenoxy) is 1. The highest BCUT2D eigenvalue weighted by Crippen LogP contribution is 2.22. The summed E-state index contributed by atoms with van der Waals surface area (Å²) < 4.78 is 7.71. The zero-order valence-electron chi connectivity index (χ0n) is 12.9. The van der Waals surface area contributed by atoms with Gasteiger partial charge >= 0.3 is 0 Å². The van der Waals surface area contributed by atoms with Crippen molar-refractivity contribution in [3.05, 3.63) is 36.0 Å². The minimum Gasteiger partial charge on any atom is -0.380 e. The molecule has 0 fully saturated rings. The van der Waals surface area contributed by atoms with Crippen molar-refractivity contribution in [2.45, 2.75) is 39.3 Å². The second-order valence-electron chi connectivity index (χ2n) is 5.37. The minimum absolute atomic E-state index is 0.233. The van der Waals surface area contributed by atoms with Crippen LogP contribution in [0.2, 0.25) is 0 Å². The van der Waals surface area contributed by atoms with Crippen molar-refractivity contribution in [3.63, 3.8) is 0 Å². The predicted molar refractivity (Wildman–Crippen MR) is 85.3 cm³/mol. The first-order valence-electron chi connectivity index (χ1n) is 7.56. The van der Waals surface area contributed by atoms with Gasteiger partial charge in [-0.25, -0.2) is 0 Å². The molecule has 2 rings (SSSR count). The summed E-state index contributed by atoms with van der Waals surface area (Å²) in [5.74, 6) is 0. The molecule has 0 amide bonds. The van der Waals surface area contributed by atoms with Gasteiger partial charge in [-0.2, -0.15) is 0 Å². The lowest BCUT2D eigenvalue weighted by molar-refractivity contribution is 0.104. The third-order valence-electron chi connectivity index (χ3n) is 3.73. The monoisotopic (exact) mass is 274 g/mol. The van der Waals surface area contributed by atoms with Crippen LogP contribution in [0.4, 0.5) is 0 Å². The topological polar surface area (TPSA) is 26.2 Å². The molecule has 0 aliphatic carbocycles. The number of nitrogens with zero attached hydrogens (tertiary/aromatic N) is 1. The van der Waals surface area contributed by atoms with Gasteiger partial charge in [-0.3, -0.25) is 0 Å². The second-order valence-corrected chi connectivity index (χ2v) is 5.37. The van der Waals surface area contributed by atoms with Crippen molar-refractivity contribution < 1.29 is 4.74 Å². The summed E-state index contributed by atoms with van der Waals surface area (Å²) in [6.07, 6.45) is 4.78. The highest BCUT2D eigenvalue weighted by Gasteiger charge is 2.09. The summed E-state index contributed by atoms with van der Waals surface area (Å²) in [4.78, 5) is 0. The molecule has 0 aliphatic heterocycles. The molecule has 1 N–H and O–H groups in total. The first kappa shape index (κ1) is 15.1. The number of hydrogen-bond acceptors (Lipinski definition) is 2. The van der Waals surface area contributed by atoms with Crippen molar-refractivity contribution in [3.8, 4) is 0 Å². The Morgan fingerprint density at radius 3 is 2.80 bits per heavy atom. The molecule has 0 spiro atoms. The Morgan fingerprint density at radius 2 is 2.05 bits per heavy atom. The smallest absolute Gasteiger partial charge is 0.0722 e. The van der Waals surface area contributed by atoms with Crippen LogP contribution < -0.4 is 5.32 Å². The van der Waals surface area contributed by atoms with Crippen LogP contribution in [0, 0.1) is 0 Å². The lowest BCUT2D eigenvalue weighted by Crippen LogP contribution is -2.17. The van der Waals surface area contributed by atoms with Gasteiger partial charge < -0.3 is 14.6 Å². The molecule has 2 aromatic rings. The average Bonchev–Trinajstić information content (AvgIpc) is 2.82. The Morgan fingerprint density at radius 1 is 1.25 bits per heavy atom.